The van der Waals surface area contributed by atoms with Crippen LogP contribution in [0.2, 0.25) is 0 Å². The van der Waals surface area contributed by atoms with Crippen LogP contribution in [0.1, 0.15) is 33.7 Å². The lowest BCUT2D eigenvalue weighted by atomic mass is 10.1. The Morgan fingerprint density at radius 3 is 2.71 bits per heavy atom. The van der Waals surface area contributed by atoms with E-state index in [2.05, 4.69) is 4.98 Å². The molecule has 0 radical (unpaired) electrons. The Morgan fingerprint density at radius 2 is 2.29 bits per heavy atom. The van der Waals surface area contributed by atoms with Crippen molar-refractivity contribution in [2.24, 2.45) is 0 Å². The molecule has 0 N–H and O–H groups in total. The average molecular weight is 220 g/mol. The molecule has 5 heteroatoms. The molecule has 1 aromatic heterocycles. The zero-order valence-corrected chi connectivity index (χ0v) is 8.18. The summed E-state index contributed by atoms with van der Waals surface area (Å²) in [6.07, 6.45) is -2.23. The van der Waals surface area contributed by atoms with Crippen molar-refractivity contribution in [3.63, 3.8) is 0 Å². The molecule has 14 heavy (non-hydrogen) atoms. The van der Waals surface area contributed by atoms with Gasteiger partial charge in [-0.05, 0) is 24.1 Å². The Hall–Kier alpha value is -1.03. The molecule has 0 fully saturated rings. The van der Waals surface area contributed by atoms with Crippen molar-refractivity contribution in [3.05, 3.63) is 28.6 Å². The summed E-state index contributed by atoms with van der Waals surface area (Å²) in [5, 5.41) is 0. The molecule has 1 rings (SSSR count). The van der Waals surface area contributed by atoms with Gasteiger partial charge < -0.3 is 0 Å². The lowest BCUT2D eigenvalue weighted by molar-refractivity contribution is 0.111. The summed E-state index contributed by atoms with van der Waals surface area (Å²) in [5.74, 6) is 0.0922. The third-order valence-corrected chi connectivity index (χ3v) is 2.20. The summed E-state index contributed by atoms with van der Waals surface area (Å²) in [6.45, 7) is 1.63. The minimum Gasteiger partial charge on any atom is -0.296 e. The van der Waals surface area contributed by atoms with Crippen LogP contribution in [0.25, 0.3) is 0 Å². The Balaban J connectivity index is 3.31. The summed E-state index contributed by atoms with van der Waals surface area (Å²) < 4.78 is 24.6. The van der Waals surface area contributed by atoms with Crippen LogP contribution < -0.4 is 0 Å². The molecular formula is C9H8ClF2NO. The molecule has 2 nitrogen and oxygen atoms in total. The van der Waals surface area contributed by atoms with Gasteiger partial charge in [0.15, 0.2) is 6.29 Å². The van der Waals surface area contributed by atoms with E-state index in [1.165, 1.54) is 6.07 Å². The maximum absolute atomic E-state index is 12.3. The van der Waals surface area contributed by atoms with E-state index in [-0.39, 0.29) is 11.6 Å². The first-order valence-corrected chi connectivity index (χ1v) is 4.43. The Labute approximate surface area is 84.9 Å². The van der Waals surface area contributed by atoms with Crippen molar-refractivity contribution in [3.8, 4) is 0 Å². The van der Waals surface area contributed by atoms with E-state index >= 15 is 0 Å². The molecule has 0 saturated heterocycles. The second-order valence-corrected chi connectivity index (χ2v) is 3.04. The first-order chi connectivity index (χ1) is 6.60. The first-order valence-electron chi connectivity index (χ1n) is 3.89. The van der Waals surface area contributed by atoms with Crippen LogP contribution in [0.15, 0.2) is 6.07 Å². The smallest absolute Gasteiger partial charge is 0.280 e. The van der Waals surface area contributed by atoms with Gasteiger partial charge in [-0.3, -0.25) is 4.79 Å². The number of aldehydes is 1. The molecule has 0 atom stereocenters. The molecule has 0 aliphatic carbocycles. The van der Waals surface area contributed by atoms with Gasteiger partial charge in [-0.1, -0.05) is 0 Å². The van der Waals surface area contributed by atoms with Crippen LogP contribution >= 0.6 is 11.6 Å². The van der Waals surface area contributed by atoms with E-state index in [0.717, 1.165) is 0 Å². The number of hydrogen-bond donors (Lipinski definition) is 0. The summed E-state index contributed by atoms with van der Waals surface area (Å²) in [7, 11) is 0. The van der Waals surface area contributed by atoms with Crippen LogP contribution in [-0.4, -0.2) is 11.3 Å². The molecule has 0 saturated carbocycles. The molecule has 0 spiro atoms. The number of carbonyl (C=O) groups excluding carboxylic acids is 1. The van der Waals surface area contributed by atoms with Crippen molar-refractivity contribution in [1.29, 1.82) is 0 Å². The topological polar surface area (TPSA) is 30.0 Å². The highest BCUT2D eigenvalue weighted by atomic mass is 35.5. The number of pyridine rings is 1. The highest BCUT2D eigenvalue weighted by molar-refractivity contribution is 6.17. The number of halogens is 3. The molecule has 1 aromatic rings. The van der Waals surface area contributed by atoms with Crippen molar-refractivity contribution >= 4 is 17.9 Å². The fraction of sp³-hybridized carbons (Fsp3) is 0.333. The fourth-order valence-corrected chi connectivity index (χ4v) is 1.35. The minimum atomic E-state index is -2.68. The molecule has 0 amide bonds. The van der Waals surface area contributed by atoms with Crippen molar-refractivity contribution < 1.29 is 13.6 Å². The minimum absolute atomic E-state index is 0.0263. The monoisotopic (exact) mass is 219 g/mol. The van der Waals surface area contributed by atoms with E-state index in [1.54, 1.807) is 6.92 Å². The fourth-order valence-electron chi connectivity index (χ4n) is 1.07. The highest BCUT2D eigenvalue weighted by Crippen LogP contribution is 2.22. The van der Waals surface area contributed by atoms with Gasteiger partial charge in [0.1, 0.15) is 11.4 Å². The molecule has 1 heterocycles. The quantitative estimate of drug-likeness (QED) is 0.578. The average Bonchev–Trinajstić information content (AvgIpc) is 2.17. The number of alkyl halides is 3. The van der Waals surface area contributed by atoms with Crippen LogP contribution in [0.5, 0.6) is 0 Å². The van der Waals surface area contributed by atoms with Gasteiger partial charge >= 0.3 is 0 Å². The van der Waals surface area contributed by atoms with Crippen LogP contribution in [0.4, 0.5) is 8.78 Å². The van der Waals surface area contributed by atoms with E-state index in [9.17, 15) is 13.6 Å². The van der Waals surface area contributed by atoms with Crippen molar-refractivity contribution in [1.82, 2.24) is 4.98 Å². The van der Waals surface area contributed by atoms with Crippen molar-refractivity contribution in [2.45, 2.75) is 19.2 Å². The van der Waals surface area contributed by atoms with E-state index < -0.39 is 12.1 Å². The Bertz CT molecular complexity index is 355. The van der Waals surface area contributed by atoms with Gasteiger partial charge in [-0.15, -0.1) is 11.6 Å². The number of carbonyl (C=O) groups is 1. The van der Waals surface area contributed by atoms with Gasteiger partial charge in [0.25, 0.3) is 6.43 Å². The molecule has 0 unspecified atom stereocenters. The van der Waals surface area contributed by atoms with Crippen LogP contribution in [0, 0.1) is 6.92 Å². The number of hydrogen-bond acceptors (Lipinski definition) is 2. The van der Waals surface area contributed by atoms with E-state index in [4.69, 9.17) is 11.6 Å². The van der Waals surface area contributed by atoms with Crippen molar-refractivity contribution in [2.75, 3.05) is 0 Å². The zero-order chi connectivity index (χ0) is 10.7. The van der Waals surface area contributed by atoms with Gasteiger partial charge in [0, 0.05) is 5.88 Å². The van der Waals surface area contributed by atoms with E-state index in [0.29, 0.717) is 17.4 Å². The number of aromatic nitrogens is 1. The van der Waals surface area contributed by atoms with Gasteiger partial charge in [-0.25, -0.2) is 13.8 Å². The van der Waals surface area contributed by atoms with Gasteiger partial charge in [-0.2, -0.15) is 0 Å². The van der Waals surface area contributed by atoms with Gasteiger partial charge in [0.05, 0.1) is 0 Å². The second-order valence-electron chi connectivity index (χ2n) is 2.77. The van der Waals surface area contributed by atoms with Gasteiger partial charge in [0.2, 0.25) is 0 Å². The Morgan fingerprint density at radius 1 is 1.64 bits per heavy atom. The molecule has 76 valence electrons. The second kappa shape index (κ2) is 4.46. The van der Waals surface area contributed by atoms with Crippen LogP contribution in [-0.2, 0) is 5.88 Å². The zero-order valence-electron chi connectivity index (χ0n) is 7.43. The summed E-state index contributed by atoms with van der Waals surface area (Å²) in [6, 6.07) is 1.22. The molecular weight excluding hydrogens is 212 g/mol. The predicted molar refractivity (Wildman–Crippen MR) is 48.9 cm³/mol. The lowest BCUT2D eigenvalue weighted by Crippen LogP contribution is -2.02. The standard InChI is InChI=1S/C9H8ClF2NO/c1-5-6(3-10)2-7(9(11)12)13-8(5)4-14/h2,4,9H,3H2,1H3. The molecule has 0 aromatic carbocycles. The van der Waals surface area contributed by atoms with Crippen LogP contribution in [0.3, 0.4) is 0 Å². The summed E-state index contributed by atoms with van der Waals surface area (Å²) in [4.78, 5) is 14.0. The largest absolute Gasteiger partial charge is 0.296 e. The third-order valence-electron chi connectivity index (χ3n) is 1.92. The molecule has 0 bridgehead atoms. The highest BCUT2D eigenvalue weighted by Gasteiger charge is 2.14. The maximum atomic E-state index is 12.3. The maximum Gasteiger partial charge on any atom is 0.280 e. The number of nitrogens with zero attached hydrogens (tertiary/aromatic N) is 1. The lowest BCUT2D eigenvalue weighted by Gasteiger charge is -2.07. The third kappa shape index (κ3) is 2.07. The molecule has 0 aliphatic rings. The first kappa shape index (κ1) is 11.0. The summed E-state index contributed by atoms with van der Waals surface area (Å²) >= 11 is 5.55. The van der Waals surface area contributed by atoms with E-state index in [1.807, 2.05) is 0 Å². The Kier molecular flexibility index (Phi) is 3.52. The molecule has 0 aliphatic heterocycles. The predicted octanol–water partition coefficient (Wildman–Crippen LogP) is 2.88. The SMILES string of the molecule is Cc1c(CCl)cc(C(F)F)nc1C=O. The normalized spacial score (nSPS) is 10.6. The number of rotatable bonds is 3. The summed E-state index contributed by atoms with van der Waals surface area (Å²) in [5.41, 5.74) is 0.685.